The predicted octanol–water partition coefficient (Wildman–Crippen LogP) is 2.30. The van der Waals surface area contributed by atoms with Crippen LogP contribution in [0.5, 0.6) is 0 Å². The molecule has 0 aliphatic carbocycles. The number of aromatic nitrogens is 3. The molecule has 1 aliphatic heterocycles. The second-order valence-corrected chi connectivity index (χ2v) is 6.99. The van der Waals surface area contributed by atoms with Crippen LogP contribution in [0.4, 0.5) is 0 Å². The minimum absolute atomic E-state index is 0.213. The highest BCUT2D eigenvalue weighted by Gasteiger charge is 2.18. The second-order valence-electron chi connectivity index (χ2n) is 5.01. The molecule has 2 aromatic rings. The third-order valence-electron chi connectivity index (χ3n) is 3.54. The molecule has 0 saturated carbocycles. The topological polar surface area (TPSA) is 51.0 Å². The van der Waals surface area contributed by atoms with Gasteiger partial charge >= 0.3 is 0 Å². The Morgan fingerprint density at radius 1 is 1.38 bits per heavy atom. The molecule has 1 saturated heterocycles. The third kappa shape index (κ3) is 3.85. The number of nitrogens with zero attached hydrogens (tertiary/aromatic N) is 4. The largest absolute Gasteiger partial charge is 0.342 e. The Morgan fingerprint density at radius 3 is 3.00 bits per heavy atom. The van der Waals surface area contributed by atoms with Gasteiger partial charge in [-0.05, 0) is 30.7 Å². The van der Waals surface area contributed by atoms with Gasteiger partial charge in [0, 0.05) is 24.5 Å². The fraction of sp³-hybridized carbons (Fsp3) is 0.500. The zero-order valence-corrected chi connectivity index (χ0v) is 13.4. The minimum Gasteiger partial charge on any atom is -0.342 e. The van der Waals surface area contributed by atoms with E-state index in [-0.39, 0.29) is 5.91 Å². The maximum Gasteiger partial charge on any atom is 0.233 e. The van der Waals surface area contributed by atoms with E-state index in [2.05, 4.69) is 27.7 Å². The number of carbonyl (C=O) groups excluding carboxylic acids is 1. The molecule has 0 bridgehead atoms. The fourth-order valence-corrected chi connectivity index (χ4v) is 3.92. The molecule has 3 heterocycles. The van der Waals surface area contributed by atoms with Crippen molar-refractivity contribution >= 4 is 29.0 Å². The molecular formula is C14H18N4OS2. The molecular weight excluding hydrogens is 304 g/mol. The zero-order valence-electron chi connectivity index (χ0n) is 11.8. The molecule has 21 heavy (non-hydrogen) atoms. The van der Waals surface area contributed by atoms with Gasteiger partial charge in [-0.3, -0.25) is 4.79 Å². The second kappa shape index (κ2) is 7.09. The van der Waals surface area contributed by atoms with E-state index in [0.29, 0.717) is 5.75 Å². The van der Waals surface area contributed by atoms with Gasteiger partial charge in [0.1, 0.15) is 6.33 Å². The standard InChI is InChI=1S/C14H18N4OS2/c19-13(17-6-1-2-7-17)10-21-14-16-15-11-18(14)8-5-12-4-3-9-20-12/h3-4,9,11H,1-2,5-8,10H2. The van der Waals surface area contributed by atoms with Crippen LogP contribution in [0, 0.1) is 0 Å². The number of carbonyl (C=O) groups is 1. The van der Waals surface area contributed by atoms with Crippen LogP contribution < -0.4 is 0 Å². The lowest BCUT2D eigenvalue weighted by atomic mass is 10.3. The van der Waals surface area contributed by atoms with E-state index in [1.165, 1.54) is 16.6 Å². The van der Waals surface area contributed by atoms with Gasteiger partial charge in [0.25, 0.3) is 0 Å². The van der Waals surface area contributed by atoms with Crippen molar-refractivity contribution < 1.29 is 4.79 Å². The van der Waals surface area contributed by atoms with Crippen molar-refractivity contribution in [2.24, 2.45) is 0 Å². The lowest BCUT2D eigenvalue weighted by Gasteiger charge is -2.14. The molecule has 5 nitrogen and oxygen atoms in total. The normalized spacial score (nSPS) is 14.8. The Bertz CT molecular complexity index is 576. The number of aryl methyl sites for hydroxylation is 2. The van der Waals surface area contributed by atoms with Crippen molar-refractivity contribution in [3.8, 4) is 0 Å². The molecule has 1 fully saturated rings. The smallest absolute Gasteiger partial charge is 0.233 e. The van der Waals surface area contributed by atoms with Crippen molar-refractivity contribution in [1.29, 1.82) is 0 Å². The lowest BCUT2D eigenvalue weighted by Crippen LogP contribution is -2.29. The van der Waals surface area contributed by atoms with Crippen molar-refractivity contribution in [3.05, 3.63) is 28.7 Å². The van der Waals surface area contributed by atoms with Crippen LogP contribution in [-0.4, -0.2) is 44.4 Å². The van der Waals surface area contributed by atoms with Crippen molar-refractivity contribution in [2.45, 2.75) is 31.0 Å². The number of hydrogen-bond donors (Lipinski definition) is 0. The molecule has 1 amide bonds. The number of likely N-dealkylation sites (tertiary alicyclic amines) is 1. The zero-order chi connectivity index (χ0) is 14.5. The molecule has 1 aliphatic rings. The highest BCUT2D eigenvalue weighted by Crippen LogP contribution is 2.18. The molecule has 0 N–H and O–H groups in total. The van der Waals surface area contributed by atoms with Crippen molar-refractivity contribution in [1.82, 2.24) is 19.7 Å². The van der Waals surface area contributed by atoms with Crippen LogP contribution in [0.25, 0.3) is 0 Å². The van der Waals surface area contributed by atoms with Crippen molar-refractivity contribution in [2.75, 3.05) is 18.8 Å². The van der Waals surface area contributed by atoms with E-state index >= 15 is 0 Å². The molecule has 0 radical (unpaired) electrons. The summed E-state index contributed by atoms with van der Waals surface area (Å²) in [6.45, 7) is 2.67. The summed E-state index contributed by atoms with van der Waals surface area (Å²) in [6.07, 6.45) is 4.99. The van der Waals surface area contributed by atoms with Gasteiger partial charge in [0.15, 0.2) is 5.16 Å². The SMILES string of the molecule is O=C(CSc1nncn1CCc1cccs1)N1CCCC1. The van der Waals surface area contributed by atoms with Gasteiger partial charge in [0.2, 0.25) is 5.91 Å². The molecule has 2 aromatic heterocycles. The maximum atomic E-state index is 12.0. The van der Waals surface area contributed by atoms with Crippen LogP contribution >= 0.6 is 23.1 Å². The Balaban J connectivity index is 1.51. The molecule has 0 atom stereocenters. The first-order valence-corrected chi connectivity index (χ1v) is 9.00. The van der Waals surface area contributed by atoms with Crippen LogP contribution in [0.3, 0.4) is 0 Å². The van der Waals surface area contributed by atoms with E-state index in [4.69, 9.17) is 0 Å². The van der Waals surface area contributed by atoms with E-state index in [1.807, 2.05) is 9.47 Å². The highest BCUT2D eigenvalue weighted by atomic mass is 32.2. The van der Waals surface area contributed by atoms with Crippen LogP contribution in [-0.2, 0) is 17.8 Å². The Hall–Kier alpha value is -1.34. The number of thioether (sulfide) groups is 1. The van der Waals surface area contributed by atoms with Crippen LogP contribution in [0.15, 0.2) is 29.0 Å². The Morgan fingerprint density at radius 2 is 2.24 bits per heavy atom. The van der Waals surface area contributed by atoms with Gasteiger partial charge in [0.05, 0.1) is 5.75 Å². The summed E-state index contributed by atoms with van der Waals surface area (Å²) in [5.74, 6) is 0.669. The Kier molecular flexibility index (Phi) is 4.92. The molecule has 0 spiro atoms. The molecule has 0 aromatic carbocycles. The Labute approximate surface area is 132 Å². The number of thiophene rings is 1. The van der Waals surface area contributed by atoms with Crippen molar-refractivity contribution in [3.63, 3.8) is 0 Å². The van der Waals surface area contributed by atoms with Gasteiger partial charge in [-0.25, -0.2) is 0 Å². The highest BCUT2D eigenvalue weighted by molar-refractivity contribution is 7.99. The third-order valence-corrected chi connectivity index (χ3v) is 5.44. The molecule has 0 unspecified atom stereocenters. The first-order chi connectivity index (χ1) is 10.3. The summed E-state index contributed by atoms with van der Waals surface area (Å²) in [4.78, 5) is 15.3. The number of amides is 1. The quantitative estimate of drug-likeness (QED) is 0.766. The summed E-state index contributed by atoms with van der Waals surface area (Å²) in [5.41, 5.74) is 0. The first kappa shape index (κ1) is 14.6. The van der Waals surface area contributed by atoms with Crippen LogP contribution in [0.1, 0.15) is 17.7 Å². The lowest BCUT2D eigenvalue weighted by molar-refractivity contribution is -0.127. The summed E-state index contributed by atoms with van der Waals surface area (Å²) >= 11 is 3.25. The number of rotatable bonds is 6. The predicted molar refractivity (Wildman–Crippen MR) is 84.6 cm³/mol. The fourth-order valence-electron chi connectivity index (χ4n) is 2.38. The van der Waals surface area contributed by atoms with Gasteiger partial charge in [-0.15, -0.1) is 21.5 Å². The maximum absolute atomic E-state index is 12.0. The van der Waals surface area contributed by atoms with Gasteiger partial charge in [-0.1, -0.05) is 17.8 Å². The average molecular weight is 322 g/mol. The summed E-state index contributed by atoms with van der Waals surface area (Å²) < 4.78 is 2.03. The van der Waals surface area contributed by atoms with E-state index < -0.39 is 0 Å². The summed E-state index contributed by atoms with van der Waals surface area (Å²) in [5, 5.41) is 11.0. The van der Waals surface area contributed by atoms with Gasteiger partial charge in [-0.2, -0.15) is 0 Å². The summed E-state index contributed by atoms with van der Waals surface area (Å²) in [6, 6.07) is 4.20. The van der Waals surface area contributed by atoms with E-state index in [0.717, 1.165) is 44.1 Å². The monoisotopic (exact) mass is 322 g/mol. The van der Waals surface area contributed by atoms with Crippen LogP contribution in [0.2, 0.25) is 0 Å². The molecule has 7 heteroatoms. The van der Waals surface area contributed by atoms with Gasteiger partial charge < -0.3 is 9.47 Å². The number of hydrogen-bond acceptors (Lipinski definition) is 5. The van der Waals surface area contributed by atoms with E-state index in [9.17, 15) is 4.79 Å². The summed E-state index contributed by atoms with van der Waals surface area (Å²) in [7, 11) is 0. The molecule has 112 valence electrons. The first-order valence-electron chi connectivity index (χ1n) is 7.14. The minimum atomic E-state index is 0.213. The average Bonchev–Trinajstić information content (AvgIpc) is 3.24. The molecule has 3 rings (SSSR count). The van der Waals surface area contributed by atoms with E-state index in [1.54, 1.807) is 17.7 Å².